The topological polar surface area (TPSA) is 23.8 Å². The van der Waals surface area contributed by atoms with Crippen LogP contribution in [0.2, 0.25) is 0 Å². The van der Waals surface area contributed by atoms with Gasteiger partial charge in [-0.25, -0.2) is 0 Å². The fourth-order valence-electron chi connectivity index (χ4n) is 0. The summed E-state index contributed by atoms with van der Waals surface area (Å²) in [5.41, 5.74) is 0. The van der Waals surface area contributed by atoms with Gasteiger partial charge in [0.2, 0.25) is 0 Å². The van der Waals surface area contributed by atoms with Crippen molar-refractivity contribution in [2.45, 2.75) is 0 Å². The number of hydrogen-bond acceptors (Lipinski definition) is 2. The second-order valence-electron chi connectivity index (χ2n) is 0.100. The van der Waals surface area contributed by atoms with Gasteiger partial charge in [0.15, 0.2) is 0 Å². The molecule has 20 valence electrons. The first kappa shape index (κ1) is 8.82. The number of thiol groups is 1. The molecule has 0 heterocycles. The summed E-state index contributed by atoms with van der Waals surface area (Å²) in [6, 6.07) is 0. The normalized spacial score (nSPS) is 2.00. The molecule has 0 spiro atoms. The molecule has 0 aliphatic heterocycles. The van der Waals surface area contributed by atoms with Crippen molar-refractivity contribution in [1.82, 2.24) is 0 Å². The molecule has 4 heavy (non-hydrogen) atoms. The van der Waals surface area contributed by atoms with Crippen LogP contribution in [0, 0.1) is 10.7 Å². The van der Waals surface area contributed by atoms with Crippen LogP contribution in [-0.4, -0.2) is 23.1 Å². The van der Waals surface area contributed by atoms with Crippen molar-refractivity contribution in [3.8, 4) is 5.40 Å². The van der Waals surface area contributed by atoms with Crippen molar-refractivity contribution in [3.63, 3.8) is 0 Å². The number of hydrogen-bond donors (Lipinski definition) is 1. The van der Waals surface area contributed by atoms with Crippen molar-refractivity contribution < 1.29 is 2.85 Å². The number of nitriles is 1. The van der Waals surface area contributed by atoms with Crippen LogP contribution in [0.15, 0.2) is 0 Å². The van der Waals surface area contributed by atoms with Gasteiger partial charge in [-0.15, -0.1) is 0 Å². The Morgan fingerprint density at radius 1 is 2.00 bits per heavy atom. The average molecular weight is 85.4 g/mol. The van der Waals surface area contributed by atoms with E-state index in [1.807, 2.05) is 0 Å². The van der Waals surface area contributed by atoms with Crippen LogP contribution in [0.1, 0.15) is 2.85 Å². The smallest absolute Gasteiger partial charge is 1.00 e. The summed E-state index contributed by atoms with van der Waals surface area (Å²) in [7, 11) is 0. The predicted molar refractivity (Wildman–Crippen MR) is 22.6 cm³/mol. The van der Waals surface area contributed by atoms with Gasteiger partial charge in [-0.1, -0.05) is 12.6 Å². The fraction of sp³-hybridized carbons (Fsp3) is 0. The van der Waals surface area contributed by atoms with Crippen molar-refractivity contribution in [1.29, 1.82) is 5.26 Å². The maximum Gasteiger partial charge on any atom is 2.00 e. The Morgan fingerprint density at radius 2 is 2.00 bits per heavy atom. The van der Waals surface area contributed by atoms with Gasteiger partial charge in [0.25, 0.3) is 0 Å². The van der Waals surface area contributed by atoms with Crippen molar-refractivity contribution in [2.75, 3.05) is 0 Å². The molecule has 1 nitrogen and oxygen atoms in total. The number of thiocyanates is 1. The van der Waals surface area contributed by atoms with E-state index in [2.05, 4.69) is 12.6 Å². The first-order valence-corrected chi connectivity index (χ1v) is 0.894. The molecule has 3 heteroatoms. The Bertz CT molecular complexity index is 35.0. The van der Waals surface area contributed by atoms with E-state index in [1.165, 1.54) is 5.40 Å². The van der Waals surface area contributed by atoms with E-state index >= 15 is 0 Å². The third kappa shape index (κ3) is 18.3. The molecule has 0 aromatic rings. The Hall–Kier alpha value is 0.606. The van der Waals surface area contributed by atoms with Gasteiger partial charge in [-0.05, 0) is 0 Å². The van der Waals surface area contributed by atoms with E-state index in [-0.39, 0.29) is 25.9 Å². The SMILES string of the molecule is N#CS.[H-].[H-].[Mg+2]. The van der Waals surface area contributed by atoms with Crippen LogP contribution >= 0.6 is 12.6 Å². The van der Waals surface area contributed by atoms with Gasteiger partial charge >= 0.3 is 23.1 Å². The Balaban J connectivity index is -0.00000000667. The van der Waals surface area contributed by atoms with E-state index in [4.69, 9.17) is 5.26 Å². The summed E-state index contributed by atoms with van der Waals surface area (Å²) in [5.74, 6) is 0. The van der Waals surface area contributed by atoms with E-state index in [1.54, 1.807) is 0 Å². The summed E-state index contributed by atoms with van der Waals surface area (Å²) >= 11 is 3.09. The average Bonchev–Trinajstić information content (AvgIpc) is 0.918. The predicted octanol–water partition coefficient (Wildman–Crippen LogP) is 0.241. The zero-order valence-corrected chi connectivity index (χ0v) is 4.41. The first-order chi connectivity index (χ1) is 1.41. The Labute approximate surface area is 49.5 Å². The van der Waals surface area contributed by atoms with Gasteiger partial charge in [0.05, 0.1) is 0 Å². The van der Waals surface area contributed by atoms with Gasteiger partial charge < -0.3 is 2.85 Å². The zero-order valence-electron chi connectivity index (χ0n) is 4.10. The molecule has 0 bridgehead atoms. The van der Waals surface area contributed by atoms with E-state index in [0.29, 0.717) is 0 Å². The molecule has 0 saturated heterocycles. The van der Waals surface area contributed by atoms with Crippen molar-refractivity contribution >= 4 is 35.7 Å². The van der Waals surface area contributed by atoms with Gasteiger partial charge in [-0.2, -0.15) is 5.26 Å². The molecule has 0 fully saturated rings. The summed E-state index contributed by atoms with van der Waals surface area (Å²) in [4.78, 5) is 0. The minimum Gasteiger partial charge on any atom is -1.00 e. The molecule has 0 aromatic heterocycles. The molecular weight excluding hydrogens is 82.4 g/mol. The largest absolute Gasteiger partial charge is 2.00 e. The first-order valence-electron chi connectivity index (χ1n) is 0.447. The summed E-state index contributed by atoms with van der Waals surface area (Å²) in [5, 5.41) is 8.63. The Morgan fingerprint density at radius 3 is 2.00 bits per heavy atom. The van der Waals surface area contributed by atoms with Crippen LogP contribution in [-0.2, 0) is 0 Å². The summed E-state index contributed by atoms with van der Waals surface area (Å²) in [6.07, 6.45) is 0. The molecule has 0 amide bonds. The molecule has 0 radical (unpaired) electrons. The molecule has 0 aliphatic carbocycles. The minimum absolute atomic E-state index is 0. The summed E-state index contributed by atoms with van der Waals surface area (Å²) < 4.78 is 0. The molecule has 0 rings (SSSR count). The van der Waals surface area contributed by atoms with Gasteiger partial charge in [0, 0.05) is 0 Å². The fourth-order valence-corrected chi connectivity index (χ4v) is 0. The molecule has 0 saturated carbocycles. The molecule has 0 N–H and O–H groups in total. The van der Waals surface area contributed by atoms with Crippen molar-refractivity contribution in [3.05, 3.63) is 0 Å². The van der Waals surface area contributed by atoms with Crippen LogP contribution < -0.4 is 0 Å². The quantitative estimate of drug-likeness (QED) is 0.254. The van der Waals surface area contributed by atoms with Crippen molar-refractivity contribution in [2.24, 2.45) is 0 Å². The Kier molecular flexibility index (Phi) is 20.9. The maximum atomic E-state index is 7.18. The van der Waals surface area contributed by atoms with Crippen LogP contribution in [0.3, 0.4) is 0 Å². The standard InChI is InChI=1S/CHNS.Mg.2H/c2-1-3;;;/h3H;;;/q;+2;2*-1. The van der Waals surface area contributed by atoms with Gasteiger partial charge in [0.1, 0.15) is 5.40 Å². The van der Waals surface area contributed by atoms with E-state index < -0.39 is 0 Å². The van der Waals surface area contributed by atoms with Crippen LogP contribution in [0.5, 0.6) is 0 Å². The maximum absolute atomic E-state index is 7.18. The van der Waals surface area contributed by atoms with Crippen LogP contribution in [0.25, 0.3) is 0 Å². The molecule has 0 aliphatic rings. The molecule has 0 atom stereocenters. The molecule has 0 unspecified atom stereocenters. The third-order valence-corrected chi connectivity index (χ3v) is 0. The second kappa shape index (κ2) is 9.49. The monoisotopic (exact) mass is 85.0 g/mol. The second-order valence-corrected chi connectivity index (χ2v) is 0.300. The van der Waals surface area contributed by atoms with Crippen LogP contribution in [0.4, 0.5) is 0 Å². The molecular formula is CH3MgNS. The summed E-state index contributed by atoms with van der Waals surface area (Å²) in [6.45, 7) is 0. The van der Waals surface area contributed by atoms with E-state index in [0.717, 1.165) is 0 Å². The number of nitrogens with zero attached hydrogens (tertiary/aromatic N) is 1. The van der Waals surface area contributed by atoms with Gasteiger partial charge in [-0.3, -0.25) is 0 Å². The zero-order chi connectivity index (χ0) is 2.71. The third-order valence-electron chi connectivity index (χ3n) is 0. The number of rotatable bonds is 0. The minimum atomic E-state index is 0. The van der Waals surface area contributed by atoms with E-state index in [9.17, 15) is 0 Å². The molecule has 0 aromatic carbocycles.